The predicted octanol–water partition coefficient (Wildman–Crippen LogP) is 3.61. The first-order valence-electron chi connectivity index (χ1n) is 4.91. The van der Waals surface area contributed by atoms with Crippen LogP contribution < -0.4 is 0 Å². The molecule has 2 rings (SSSR count). The lowest BCUT2D eigenvalue weighted by atomic mass is 10.0. The topological polar surface area (TPSA) is 37.3 Å². The van der Waals surface area contributed by atoms with Crippen molar-refractivity contribution in [3.8, 4) is 0 Å². The molecule has 1 aliphatic carbocycles. The number of carbonyl (C=O) groups is 1. The predicted molar refractivity (Wildman–Crippen MR) is 60.2 cm³/mol. The van der Waals surface area contributed by atoms with E-state index in [9.17, 15) is 4.79 Å². The average molecular weight is 223 g/mol. The van der Waals surface area contributed by atoms with Crippen molar-refractivity contribution in [1.82, 2.24) is 0 Å². The number of benzene rings is 1. The maximum absolute atomic E-state index is 10.7. The number of rotatable bonds is 2. The standard InChI is InChI=1S/C12H11ClO2/c13-11-7-9(12(14)15)5-6-10(11)8-3-1-2-4-8/h3,5-7H,1-2,4H2,(H,14,15). The Hall–Kier alpha value is -1.28. The molecule has 0 fully saturated rings. The van der Waals surface area contributed by atoms with Gasteiger partial charge in [0.25, 0.3) is 0 Å². The first-order chi connectivity index (χ1) is 7.18. The summed E-state index contributed by atoms with van der Waals surface area (Å²) in [4.78, 5) is 10.7. The highest BCUT2D eigenvalue weighted by Crippen LogP contribution is 2.32. The van der Waals surface area contributed by atoms with Gasteiger partial charge in [-0.05, 0) is 42.5 Å². The smallest absolute Gasteiger partial charge is 0.335 e. The molecule has 0 atom stereocenters. The fraction of sp³-hybridized carbons (Fsp3) is 0.250. The molecule has 0 bridgehead atoms. The van der Waals surface area contributed by atoms with Gasteiger partial charge in [0.15, 0.2) is 0 Å². The zero-order valence-corrected chi connectivity index (χ0v) is 8.92. The van der Waals surface area contributed by atoms with Crippen molar-refractivity contribution in [3.63, 3.8) is 0 Å². The summed E-state index contributed by atoms with van der Waals surface area (Å²) in [5, 5.41) is 9.32. The van der Waals surface area contributed by atoms with Gasteiger partial charge in [0.1, 0.15) is 0 Å². The van der Waals surface area contributed by atoms with Gasteiger partial charge in [-0.1, -0.05) is 23.7 Å². The molecule has 0 unspecified atom stereocenters. The summed E-state index contributed by atoms with van der Waals surface area (Å²) >= 11 is 6.05. The molecule has 0 heterocycles. The van der Waals surface area contributed by atoms with E-state index in [0.717, 1.165) is 24.8 Å². The van der Waals surface area contributed by atoms with Crippen LogP contribution in [-0.4, -0.2) is 11.1 Å². The molecule has 0 aliphatic heterocycles. The molecule has 1 aromatic carbocycles. The van der Waals surface area contributed by atoms with Crippen LogP contribution >= 0.6 is 11.6 Å². The molecular formula is C12H11ClO2. The summed E-state index contributed by atoms with van der Waals surface area (Å²) in [5.41, 5.74) is 2.44. The normalized spacial score (nSPS) is 15.1. The first-order valence-corrected chi connectivity index (χ1v) is 5.28. The van der Waals surface area contributed by atoms with Crippen LogP contribution in [-0.2, 0) is 0 Å². The van der Waals surface area contributed by atoms with Crippen LogP contribution in [0.25, 0.3) is 5.57 Å². The van der Waals surface area contributed by atoms with E-state index >= 15 is 0 Å². The molecule has 1 aromatic rings. The van der Waals surface area contributed by atoms with Crippen LogP contribution in [0.5, 0.6) is 0 Å². The van der Waals surface area contributed by atoms with Crippen LogP contribution in [0.4, 0.5) is 0 Å². The van der Waals surface area contributed by atoms with Crippen molar-refractivity contribution < 1.29 is 9.90 Å². The molecule has 0 aromatic heterocycles. The highest BCUT2D eigenvalue weighted by molar-refractivity contribution is 6.32. The maximum Gasteiger partial charge on any atom is 0.335 e. The van der Waals surface area contributed by atoms with E-state index in [2.05, 4.69) is 6.08 Å². The second-order valence-electron chi connectivity index (χ2n) is 3.62. The lowest BCUT2D eigenvalue weighted by Crippen LogP contribution is -1.96. The Kier molecular flexibility index (Phi) is 2.78. The largest absolute Gasteiger partial charge is 0.478 e. The third-order valence-electron chi connectivity index (χ3n) is 2.60. The number of hydrogen-bond acceptors (Lipinski definition) is 1. The Morgan fingerprint density at radius 2 is 2.20 bits per heavy atom. The lowest BCUT2D eigenvalue weighted by molar-refractivity contribution is 0.0697. The molecule has 0 radical (unpaired) electrons. The zero-order chi connectivity index (χ0) is 10.8. The SMILES string of the molecule is O=C(O)c1ccc(C2=CCCC2)c(Cl)c1. The number of hydrogen-bond donors (Lipinski definition) is 1. The van der Waals surface area contributed by atoms with Gasteiger partial charge < -0.3 is 5.11 Å². The molecule has 0 amide bonds. The Labute approximate surface area is 93.2 Å². The van der Waals surface area contributed by atoms with Crippen LogP contribution in [0.2, 0.25) is 5.02 Å². The third kappa shape index (κ3) is 2.05. The number of carboxylic acid groups (broad SMARTS) is 1. The minimum Gasteiger partial charge on any atom is -0.478 e. The zero-order valence-electron chi connectivity index (χ0n) is 8.16. The number of aromatic carboxylic acids is 1. The van der Waals surface area contributed by atoms with Gasteiger partial charge >= 0.3 is 5.97 Å². The van der Waals surface area contributed by atoms with E-state index < -0.39 is 5.97 Å². The van der Waals surface area contributed by atoms with Crippen LogP contribution in [0.15, 0.2) is 24.3 Å². The Balaban J connectivity index is 2.38. The lowest BCUT2D eigenvalue weighted by Gasteiger charge is -2.05. The molecule has 1 aliphatic rings. The fourth-order valence-corrected chi connectivity index (χ4v) is 2.13. The van der Waals surface area contributed by atoms with Gasteiger partial charge in [-0.25, -0.2) is 4.79 Å². The molecule has 2 nitrogen and oxygen atoms in total. The van der Waals surface area contributed by atoms with E-state index in [1.807, 2.05) is 0 Å². The molecule has 15 heavy (non-hydrogen) atoms. The summed E-state index contributed by atoms with van der Waals surface area (Å²) < 4.78 is 0. The van der Waals surface area contributed by atoms with Crippen molar-refractivity contribution >= 4 is 23.1 Å². The molecule has 0 saturated heterocycles. The Bertz CT molecular complexity index is 435. The van der Waals surface area contributed by atoms with E-state index in [-0.39, 0.29) is 5.56 Å². The number of halogens is 1. The molecule has 0 spiro atoms. The van der Waals surface area contributed by atoms with Gasteiger partial charge in [0.05, 0.1) is 5.56 Å². The van der Waals surface area contributed by atoms with Crippen molar-refractivity contribution in [3.05, 3.63) is 40.4 Å². The summed E-state index contributed by atoms with van der Waals surface area (Å²) in [7, 11) is 0. The quantitative estimate of drug-likeness (QED) is 0.830. The Morgan fingerprint density at radius 1 is 1.40 bits per heavy atom. The number of allylic oxidation sites excluding steroid dienone is 2. The van der Waals surface area contributed by atoms with E-state index in [1.165, 1.54) is 11.6 Å². The van der Waals surface area contributed by atoms with Gasteiger partial charge in [0.2, 0.25) is 0 Å². The van der Waals surface area contributed by atoms with Gasteiger partial charge in [-0.15, -0.1) is 0 Å². The van der Waals surface area contributed by atoms with Crippen molar-refractivity contribution in [2.24, 2.45) is 0 Å². The van der Waals surface area contributed by atoms with Crippen molar-refractivity contribution in [1.29, 1.82) is 0 Å². The molecule has 0 saturated carbocycles. The van der Waals surface area contributed by atoms with Crippen molar-refractivity contribution in [2.75, 3.05) is 0 Å². The second-order valence-corrected chi connectivity index (χ2v) is 4.03. The first kappa shape index (κ1) is 10.2. The number of carboxylic acids is 1. The minimum atomic E-state index is -0.941. The van der Waals surface area contributed by atoms with Gasteiger partial charge in [-0.3, -0.25) is 0 Å². The highest BCUT2D eigenvalue weighted by atomic mass is 35.5. The summed E-state index contributed by atoms with van der Waals surface area (Å²) in [5.74, 6) is -0.941. The van der Waals surface area contributed by atoms with Crippen LogP contribution in [0.3, 0.4) is 0 Å². The van der Waals surface area contributed by atoms with Gasteiger partial charge in [-0.2, -0.15) is 0 Å². The van der Waals surface area contributed by atoms with Gasteiger partial charge in [0, 0.05) is 5.02 Å². The average Bonchev–Trinajstić information content (AvgIpc) is 2.70. The second kappa shape index (κ2) is 4.07. The summed E-state index contributed by atoms with van der Waals surface area (Å²) in [6.45, 7) is 0. The van der Waals surface area contributed by atoms with Crippen molar-refractivity contribution in [2.45, 2.75) is 19.3 Å². The van der Waals surface area contributed by atoms with E-state index in [4.69, 9.17) is 16.7 Å². The fourth-order valence-electron chi connectivity index (χ4n) is 1.82. The Morgan fingerprint density at radius 3 is 2.73 bits per heavy atom. The van der Waals surface area contributed by atoms with Crippen LogP contribution in [0, 0.1) is 0 Å². The third-order valence-corrected chi connectivity index (χ3v) is 2.92. The summed E-state index contributed by atoms with van der Waals surface area (Å²) in [6.07, 6.45) is 5.45. The van der Waals surface area contributed by atoms with Crippen LogP contribution in [0.1, 0.15) is 35.2 Å². The molecule has 78 valence electrons. The molecular weight excluding hydrogens is 212 g/mol. The minimum absolute atomic E-state index is 0.238. The molecule has 1 N–H and O–H groups in total. The maximum atomic E-state index is 10.7. The summed E-state index contributed by atoms with van der Waals surface area (Å²) in [6, 6.07) is 4.91. The monoisotopic (exact) mass is 222 g/mol. The van der Waals surface area contributed by atoms with E-state index in [1.54, 1.807) is 12.1 Å². The molecule has 3 heteroatoms. The van der Waals surface area contributed by atoms with E-state index in [0.29, 0.717) is 5.02 Å². The highest BCUT2D eigenvalue weighted by Gasteiger charge is 2.12.